The third-order valence-corrected chi connectivity index (χ3v) is 4.79. The Hall–Kier alpha value is -0.810. The van der Waals surface area contributed by atoms with Crippen LogP contribution < -0.4 is 5.73 Å². The number of nitrogens with two attached hydrogens (primary N) is 1. The lowest BCUT2D eigenvalue weighted by atomic mass is 10.1. The summed E-state index contributed by atoms with van der Waals surface area (Å²) in [5, 5.41) is 0. The van der Waals surface area contributed by atoms with E-state index >= 15 is 0 Å². The molecule has 4 rings (SSSR count). The Morgan fingerprint density at radius 3 is 2.21 bits per heavy atom. The first kappa shape index (κ1) is 13.2. The molecule has 4 fully saturated rings. The highest BCUT2D eigenvalue weighted by atomic mass is 15.4. The second-order valence-corrected chi connectivity index (χ2v) is 6.09. The topological polar surface area (TPSA) is 48.1 Å². The largest absolute Gasteiger partial charge is 0.370 e. The van der Waals surface area contributed by atoms with E-state index in [9.17, 15) is 0 Å². The van der Waals surface area contributed by atoms with Crippen LogP contribution >= 0.6 is 0 Å². The van der Waals surface area contributed by atoms with Gasteiger partial charge in [-0.1, -0.05) is 12.8 Å². The minimum Gasteiger partial charge on any atom is -0.370 e. The normalized spacial score (nSPS) is 36.3. The molecule has 5 heteroatoms. The third-order valence-electron chi connectivity index (χ3n) is 4.79. The van der Waals surface area contributed by atoms with E-state index in [2.05, 4.69) is 19.7 Å². The van der Waals surface area contributed by atoms with E-state index in [1.165, 1.54) is 58.4 Å². The lowest BCUT2D eigenvalue weighted by molar-refractivity contribution is 0.0173. The number of guanidine groups is 1. The highest BCUT2D eigenvalue weighted by molar-refractivity contribution is 5.78. The van der Waals surface area contributed by atoms with Crippen molar-refractivity contribution >= 4 is 5.96 Å². The minimum absolute atomic E-state index is 0.591. The molecule has 2 N–H and O–H groups in total. The predicted octanol–water partition coefficient (Wildman–Crippen LogP) is 0.177. The molecular weight excluding hydrogens is 238 g/mol. The van der Waals surface area contributed by atoms with Gasteiger partial charge in [-0.2, -0.15) is 0 Å². The highest BCUT2D eigenvalue weighted by Gasteiger charge is 2.31. The molecule has 5 nitrogen and oxygen atoms in total. The first-order valence-electron chi connectivity index (χ1n) is 7.84. The first-order chi connectivity index (χ1) is 9.33. The van der Waals surface area contributed by atoms with E-state index < -0.39 is 0 Å². The molecular formula is C14H27N5. The molecule has 0 amide bonds. The summed E-state index contributed by atoms with van der Waals surface area (Å²) in [5.41, 5.74) is 6.18. The number of piperazine rings is 3. The Balaban J connectivity index is 1.53. The van der Waals surface area contributed by atoms with Crippen LogP contribution in [0.1, 0.15) is 25.7 Å². The Labute approximate surface area is 116 Å². The maximum absolute atomic E-state index is 6.18. The molecule has 0 aromatic rings. The first-order valence-corrected chi connectivity index (χ1v) is 7.84. The summed E-state index contributed by atoms with van der Waals surface area (Å²) in [5.74, 6) is 0.777. The molecule has 4 heterocycles. The maximum atomic E-state index is 6.18. The molecule has 19 heavy (non-hydrogen) atoms. The number of nitrogens with zero attached hydrogens (tertiary/aromatic N) is 4. The molecule has 0 spiro atoms. The van der Waals surface area contributed by atoms with Crippen molar-refractivity contribution in [3.8, 4) is 0 Å². The van der Waals surface area contributed by atoms with Gasteiger partial charge in [-0.3, -0.25) is 14.8 Å². The fraction of sp³-hybridized carbons (Fsp3) is 0.929. The molecule has 0 saturated carbocycles. The lowest BCUT2D eigenvalue weighted by Gasteiger charge is -2.47. The van der Waals surface area contributed by atoms with Crippen LogP contribution in [0.15, 0.2) is 4.99 Å². The van der Waals surface area contributed by atoms with Gasteiger partial charge in [0.25, 0.3) is 0 Å². The average Bonchev–Trinajstić information content (AvgIpc) is 2.75. The molecule has 2 bridgehead atoms. The van der Waals surface area contributed by atoms with Crippen LogP contribution in [-0.4, -0.2) is 79.1 Å². The van der Waals surface area contributed by atoms with Crippen LogP contribution in [0, 0.1) is 0 Å². The van der Waals surface area contributed by atoms with E-state index in [-0.39, 0.29) is 0 Å². The molecule has 4 saturated heterocycles. The van der Waals surface area contributed by atoms with Crippen molar-refractivity contribution in [2.45, 2.75) is 31.7 Å². The number of rotatable bonds is 2. The van der Waals surface area contributed by atoms with E-state index in [1.54, 1.807) is 0 Å². The van der Waals surface area contributed by atoms with Crippen LogP contribution in [-0.2, 0) is 0 Å². The summed E-state index contributed by atoms with van der Waals surface area (Å²) in [6.45, 7) is 9.14. The molecule has 4 aliphatic rings. The third kappa shape index (κ3) is 3.20. The zero-order valence-corrected chi connectivity index (χ0v) is 11.9. The summed E-state index contributed by atoms with van der Waals surface area (Å²) >= 11 is 0. The fourth-order valence-corrected chi connectivity index (χ4v) is 3.50. The van der Waals surface area contributed by atoms with Crippen molar-refractivity contribution in [2.24, 2.45) is 10.7 Å². The predicted molar refractivity (Wildman–Crippen MR) is 78.3 cm³/mol. The molecule has 1 unspecified atom stereocenters. The Morgan fingerprint density at radius 1 is 0.947 bits per heavy atom. The number of hydrogen-bond donors (Lipinski definition) is 1. The van der Waals surface area contributed by atoms with Crippen molar-refractivity contribution in [1.29, 1.82) is 0 Å². The monoisotopic (exact) mass is 265 g/mol. The fourth-order valence-electron chi connectivity index (χ4n) is 3.50. The van der Waals surface area contributed by atoms with Gasteiger partial charge < -0.3 is 10.6 Å². The molecule has 0 aromatic carbocycles. The molecule has 0 aliphatic carbocycles. The second kappa shape index (κ2) is 6.09. The van der Waals surface area contributed by atoms with E-state index in [0.717, 1.165) is 25.6 Å². The zero-order valence-electron chi connectivity index (χ0n) is 11.9. The maximum Gasteiger partial charge on any atom is 0.191 e. The summed E-state index contributed by atoms with van der Waals surface area (Å²) in [6.07, 6.45) is 5.21. The van der Waals surface area contributed by atoms with Gasteiger partial charge in [0.1, 0.15) is 0 Å². The van der Waals surface area contributed by atoms with Crippen LogP contribution in [0.2, 0.25) is 0 Å². The smallest absolute Gasteiger partial charge is 0.191 e. The quantitative estimate of drug-likeness (QED) is 0.571. The molecule has 0 radical (unpaired) electrons. The van der Waals surface area contributed by atoms with E-state index in [4.69, 9.17) is 5.73 Å². The summed E-state index contributed by atoms with van der Waals surface area (Å²) in [6, 6.07) is 0.591. The van der Waals surface area contributed by atoms with Crippen LogP contribution in [0.3, 0.4) is 0 Å². The summed E-state index contributed by atoms with van der Waals surface area (Å²) in [7, 11) is 0. The zero-order chi connectivity index (χ0) is 13.1. The second-order valence-electron chi connectivity index (χ2n) is 6.09. The average molecular weight is 265 g/mol. The lowest BCUT2D eigenvalue weighted by Crippen LogP contribution is -2.62. The van der Waals surface area contributed by atoms with Crippen molar-refractivity contribution in [2.75, 3.05) is 52.4 Å². The minimum atomic E-state index is 0.591. The number of likely N-dealkylation sites (tertiary alicyclic amines) is 1. The van der Waals surface area contributed by atoms with Crippen molar-refractivity contribution in [1.82, 2.24) is 14.7 Å². The van der Waals surface area contributed by atoms with E-state index in [1.807, 2.05) is 0 Å². The van der Waals surface area contributed by atoms with Gasteiger partial charge in [-0.25, -0.2) is 0 Å². The molecule has 1 atom stereocenters. The standard InChI is InChI=1S/C14H27N5/c15-14(19-5-3-1-2-4-6-19)16-11-13-12-17-7-9-18(13)10-8-17/h13H,1-12H2,(H2,15,16). The van der Waals surface area contributed by atoms with Crippen LogP contribution in [0.4, 0.5) is 0 Å². The summed E-state index contributed by atoms with van der Waals surface area (Å²) in [4.78, 5) is 12.1. The Bertz CT molecular complexity index is 314. The van der Waals surface area contributed by atoms with Gasteiger partial charge in [-0.15, -0.1) is 0 Å². The number of fused-ring (bicyclic) bond motifs is 3. The van der Waals surface area contributed by atoms with Gasteiger partial charge in [0.05, 0.1) is 6.54 Å². The Morgan fingerprint density at radius 2 is 1.63 bits per heavy atom. The Kier molecular flexibility index (Phi) is 4.23. The van der Waals surface area contributed by atoms with Gasteiger partial charge in [0.2, 0.25) is 0 Å². The van der Waals surface area contributed by atoms with Crippen molar-refractivity contribution < 1.29 is 0 Å². The van der Waals surface area contributed by atoms with Gasteiger partial charge in [0.15, 0.2) is 5.96 Å². The van der Waals surface area contributed by atoms with E-state index in [0.29, 0.717) is 6.04 Å². The molecule has 4 aliphatic heterocycles. The molecule has 0 aromatic heterocycles. The van der Waals surface area contributed by atoms with Crippen molar-refractivity contribution in [3.05, 3.63) is 0 Å². The van der Waals surface area contributed by atoms with Gasteiger partial charge in [-0.05, 0) is 12.8 Å². The van der Waals surface area contributed by atoms with Crippen molar-refractivity contribution in [3.63, 3.8) is 0 Å². The SMILES string of the molecule is NC(=NCC1CN2CCN1CC2)N1CCCCCC1. The number of hydrogen-bond acceptors (Lipinski definition) is 3. The highest BCUT2D eigenvalue weighted by Crippen LogP contribution is 2.16. The summed E-state index contributed by atoms with van der Waals surface area (Å²) < 4.78 is 0. The molecule has 108 valence electrons. The van der Waals surface area contributed by atoms with Crippen LogP contribution in [0.5, 0.6) is 0 Å². The van der Waals surface area contributed by atoms with Gasteiger partial charge in [0, 0.05) is 51.9 Å². The van der Waals surface area contributed by atoms with Gasteiger partial charge >= 0.3 is 0 Å². The van der Waals surface area contributed by atoms with Crippen LogP contribution in [0.25, 0.3) is 0 Å². The number of aliphatic imine (C=N–C) groups is 1.